The van der Waals surface area contributed by atoms with Crippen LogP contribution in [0.25, 0.3) is 0 Å². The molecular formula is C16H23N5O2. The van der Waals surface area contributed by atoms with E-state index < -0.39 is 0 Å². The SMILES string of the molecule is Cc1n[nH]c(C)c1NC(=O)NC[C@@H](c1ccco1)N1CCCC1. The number of H-pyrrole nitrogens is 1. The second-order valence-corrected chi connectivity index (χ2v) is 5.92. The Bertz CT molecular complexity index is 624. The van der Waals surface area contributed by atoms with Gasteiger partial charge in [0.25, 0.3) is 0 Å². The van der Waals surface area contributed by atoms with Crippen molar-refractivity contribution in [3.8, 4) is 0 Å². The monoisotopic (exact) mass is 317 g/mol. The fourth-order valence-corrected chi connectivity index (χ4v) is 3.03. The number of carbonyl (C=O) groups excluding carboxylic acids is 1. The van der Waals surface area contributed by atoms with Gasteiger partial charge in [-0.1, -0.05) is 0 Å². The average Bonchev–Trinajstić information content (AvgIpc) is 3.27. The summed E-state index contributed by atoms with van der Waals surface area (Å²) in [7, 11) is 0. The van der Waals surface area contributed by atoms with E-state index in [1.807, 2.05) is 26.0 Å². The van der Waals surface area contributed by atoms with Crippen LogP contribution < -0.4 is 10.6 Å². The molecule has 0 spiro atoms. The molecule has 23 heavy (non-hydrogen) atoms. The van der Waals surface area contributed by atoms with Crippen molar-refractivity contribution in [1.82, 2.24) is 20.4 Å². The standard InChI is InChI=1S/C16H23N5O2/c1-11-15(12(2)20-19-11)18-16(22)17-10-13(14-6-5-9-23-14)21-7-3-4-8-21/h5-6,9,13H,3-4,7-8,10H2,1-2H3,(H,19,20)(H2,17,18,22)/t13-/m0/s1. The Hall–Kier alpha value is -2.28. The van der Waals surface area contributed by atoms with Crippen molar-refractivity contribution in [3.05, 3.63) is 35.5 Å². The Balaban J connectivity index is 1.61. The van der Waals surface area contributed by atoms with Gasteiger partial charge in [-0.2, -0.15) is 5.10 Å². The second-order valence-electron chi connectivity index (χ2n) is 5.92. The Labute approximate surface area is 135 Å². The number of hydrogen-bond donors (Lipinski definition) is 3. The third-order valence-electron chi connectivity index (χ3n) is 4.28. The summed E-state index contributed by atoms with van der Waals surface area (Å²) in [4.78, 5) is 14.5. The molecule has 3 rings (SSSR count). The molecule has 0 saturated carbocycles. The third-order valence-corrected chi connectivity index (χ3v) is 4.28. The van der Waals surface area contributed by atoms with E-state index in [1.165, 1.54) is 12.8 Å². The predicted molar refractivity (Wildman–Crippen MR) is 87.3 cm³/mol. The number of anilines is 1. The number of amides is 2. The van der Waals surface area contributed by atoms with E-state index in [-0.39, 0.29) is 12.1 Å². The van der Waals surface area contributed by atoms with E-state index in [4.69, 9.17) is 4.42 Å². The maximum Gasteiger partial charge on any atom is 0.319 e. The minimum Gasteiger partial charge on any atom is -0.468 e. The summed E-state index contributed by atoms with van der Waals surface area (Å²) < 4.78 is 5.56. The molecule has 0 radical (unpaired) electrons. The van der Waals surface area contributed by atoms with Gasteiger partial charge in [0.2, 0.25) is 0 Å². The largest absolute Gasteiger partial charge is 0.468 e. The van der Waals surface area contributed by atoms with Gasteiger partial charge in [-0.3, -0.25) is 10.00 Å². The van der Waals surface area contributed by atoms with Gasteiger partial charge in [-0.05, 0) is 51.9 Å². The summed E-state index contributed by atoms with van der Waals surface area (Å²) in [6, 6.07) is 3.70. The van der Waals surface area contributed by atoms with Crippen molar-refractivity contribution in [1.29, 1.82) is 0 Å². The number of hydrogen-bond acceptors (Lipinski definition) is 4. The van der Waals surface area contributed by atoms with Gasteiger partial charge in [0.05, 0.1) is 29.4 Å². The molecule has 1 fully saturated rings. The smallest absolute Gasteiger partial charge is 0.319 e. The fourth-order valence-electron chi connectivity index (χ4n) is 3.03. The quantitative estimate of drug-likeness (QED) is 0.791. The normalized spacial score (nSPS) is 16.4. The highest BCUT2D eigenvalue weighted by molar-refractivity contribution is 5.90. The second kappa shape index (κ2) is 6.87. The molecule has 0 aliphatic carbocycles. The van der Waals surface area contributed by atoms with Crippen LogP contribution in [0.5, 0.6) is 0 Å². The van der Waals surface area contributed by atoms with Crippen molar-refractivity contribution in [2.45, 2.75) is 32.7 Å². The number of urea groups is 1. The molecule has 1 saturated heterocycles. The van der Waals surface area contributed by atoms with Crippen LogP contribution in [0.2, 0.25) is 0 Å². The molecule has 1 aliphatic heterocycles. The lowest BCUT2D eigenvalue weighted by Gasteiger charge is -2.26. The number of aromatic nitrogens is 2. The molecule has 2 aromatic heterocycles. The van der Waals surface area contributed by atoms with Crippen molar-refractivity contribution in [2.75, 3.05) is 25.0 Å². The average molecular weight is 317 g/mol. The molecule has 7 heteroatoms. The van der Waals surface area contributed by atoms with Crippen LogP contribution in [0.4, 0.5) is 10.5 Å². The minimum absolute atomic E-state index is 0.0739. The molecule has 1 aliphatic rings. The zero-order valence-electron chi connectivity index (χ0n) is 13.6. The van der Waals surface area contributed by atoms with Gasteiger partial charge in [0.15, 0.2) is 0 Å². The van der Waals surface area contributed by atoms with Gasteiger partial charge in [-0.15, -0.1) is 0 Å². The highest BCUT2D eigenvalue weighted by Crippen LogP contribution is 2.25. The maximum atomic E-state index is 12.2. The van der Waals surface area contributed by atoms with Crippen LogP contribution in [0.1, 0.15) is 36.0 Å². The number of nitrogens with one attached hydrogen (secondary N) is 3. The molecule has 3 N–H and O–H groups in total. The van der Waals surface area contributed by atoms with Gasteiger partial charge in [-0.25, -0.2) is 4.79 Å². The van der Waals surface area contributed by atoms with Gasteiger partial charge in [0, 0.05) is 6.54 Å². The number of likely N-dealkylation sites (tertiary alicyclic amines) is 1. The molecule has 3 heterocycles. The first kappa shape index (κ1) is 15.6. The number of furan rings is 1. The number of nitrogens with zero attached hydrogens (tertiary/aromatic N) is 2. The number of rotatable bonds is 5. The molecular weight excluding hydrogens is 294 g/mol. The molecule has 2 aromatic rings. The first-order chi connectivity index (χ1) is 11.1. The van der Waals surface area contributed by atoms with Crippen LogP contribution in [-0.4, -0.2) is 40.8 Å². The van der Waals surface area contributed by atoms with Gasteiger partial charge < -0.3 is 15.1 Å². The molecule has 0 unspecified atom stereocenters. The molecule has 124 valence electrons. The summed E-state index contributed by atoms with van der Waals surface area (Å²) in [6.07, 6.45) is 4.06. The third kappa shape index (κ3) is 3.56. The fraction of sp³-hybridized carbons (Fsp3) is 0.500. The van der Waals surface area contributed by atoms with Crippen LogP contribution in [-0.2, 0) is 0 Å². The first-order valence-corrected chi connectivity index (χ1v) is 7.99. The summed E-state index contributed by atoms with van der Waals surface area (Å²) in [5.74, 6) is 0.892. The zero-order valence-corrected chi connectivity index (χ0v) is 13.6. The van der Waals surface area contributed by atoms with Gasteiger partial charge >= 0.3 is 6.03 Å². The van der Waals surface area contributed by atoms with Crippen molar-refractivity contribution in [2.24, 2.45) is 0 Å². The lowest BCUT2D eigenvalue weighted by Crippen LogP contribution is -2.38. The molecule has 0 aromatic carbocycles. The summed E-state index contributed by atoms with van der Waals surface area (Å²) >= 11 is 0. The lowest BCUT2D eigenvalue weighted by molar-refractivity contribution is 0.207. The van der Waals surface area contributed by atoms with Gasteiger partial charge in [0.1, 0.15) is 5.76 Å². The maximum absolute atomic E-state index is 12.2. The zero-order chi connectivity index (χ0) is 16.2. The molecule has 1 atom stereocenters. The topological polar surface area (TPSA) is 86.2 Å². The number of carbonyl (C=O) groups is 1. The van der Waals surface area contributed by atoms with E-state index in [9.17, 15) is 4.79 Å². The van der Waals surface area contributed by atoms with Crippen LogP contribution in [0.15, 0.2) is 22.8 Å². The minimum atomic E-state index is -0.228. The Kier molecular flexibility index (Phi) is 4.66. The molecule has 0 bridgehead atoms. The van der Waals surface area contributed by atoms with Crippen molar-refractivity contribution in [3.63, 3.8) is 0 Å². The van der Waals surface area contributed by atoms with Crippen LogP contribution in [0, 0.1) is 13.8 Å². The summed E-state index contributed by atoms with van der Waals surface area (Å²) in [6.45, 7) is 6.32. The van der Waals surface area contributed by atoms with E-state index in [2.05, 4.69) is 25.7 Å². The van der Waals surface area contributed by atoms with E-state index in [0.717, 1.165) is 35.9 Å². The van der Waals surface area contributed by atoms with E-state index >= 15 is 0 Å². The molecule has 7 nitrogen and oxygen atoms in total. The Morgan fingerprint density at radius 2 is 2.22 bits per heavy atom. The van der Waals surface area contributed by atoms with Crippen molar-refractivity contribution >= 4 is 11.7 Å². The summed E-state index contributed by atoms with van der Waals surface area (Å²) in [5, 5.41) is 12.7. The predicted octanol–water partition coefficient (Wildman–Crippen LogP) is 2.58. The highest BCUT2D eigenvalue weighted by Gasteiger charge is 2.26. The highest BCUT2D eigenvalue weighted by atomic mass is 16.3. The number of aryl methyl sites for hydroxylation is 2. The Morgan fingerprint density at radius 1 is 1.43 bits per heavy atom. The Morgan fingerprint density at radius 3 is 2.83 bits per heavy atom. The lowest BCUT2D eigenvalue weighted by atomic mass is 10.2. The van der Waals surface area contributed by atoms with E-state index in [1.54, 1.807) is 6.26 Å². The van der Waals surface area contributed by atoms with E-state index in [0.29, 0.717) is 6.54 Å². The summed E-state index contributed by atoms with van der Waals surface area (Å²) in [5.41, 5.74) is 2.36. The first-order valence-electron chi connectivity index (χ1n) is 7.99. The van der Waals surface area contributed by atoms with Crippen LogP contribution >= 0.6 is 0 Å². The van der Waals surface area contributed by atoms with Crippen molar-refractivity contribution < 1.29 is 9.21 Å². The molecule has 2 amide bonds. The van der Waals surface area contributed by atoms with Crippen LogP contribution in [0.3, 0.4) is 0 Å². The number of aromatic amines is 1.